The Bertz CT molecular complexity index is 332. The van der Waals surface area contributed by atoms with Gasteiger partial charge in [0.1, 0.15) is 0 Å². The molecule has 94 valence electrons. The van der Waals surface area contributed by atoms with E-state index in [1.807, 2.05) is 17.5 Å². The lowest BCUT2D eigenvalue weighted by Crippen LogP contribution is -2.45. The van der Waals surface area contributed by atoms with Gasteiger partial charge in [-0.3, -0.25) is 0 Å². The van der Waals surface area contributed by atoms with Gasteiger partial charge in [0.2, 0.25) is 0 Å². The highest BCUT2D eigenvalue weighted by atomic mass is 32.1. The van der Waals surface area contributed by atoms with Crippen molar-refractivity contribution in [1.29, 1.82) is 0 Å². The quantitative estimate of drug-likeness (QED) is 0.768. The number of carbonyl (C=O) groups excluding carboxylic acids is 1. The summed E-state index contributed by atoms with van der Waals surface area (Å²) in [6.07, 6.45) is 3.46. The Kier molecular flexibility index (Phi) is 4.82. The number of urea groups is 1. The summed E-state index contributed by atoms with van der Waals surface area (Å²) >= 11 is 1.66. The van der Waals surface area contributed by atoms with Gasteiger partial charge in [0.25, 0.3) is 0 Å². The Hall–Kier alpha value is -1.07. The molecule has 2 rings (SSSR count). The van der Waals surface area contributed by atoms with Crippen LogP contribution in [0, 0.1) is 0 Å². The monoisotopic (exact) mass is 253 g/mol. The van der Waals surface area contributed by atoms with Crippen LogP contribution in [0.1, 0.15) is 24.1 Å². The van der Waals surface area contributed by atoms with Gasteiger partial charge in [-0.1, -0.05) is 12.5 Å². The van der Waals surface area contributed by atoms with Crippen LogP contribution in [0.2, 0.25) is 0 Å². The zero-order valence-corrected chi connectivity index (χ0v) is 10.7. The molecule has 0 radical (unpaired) electrons. The van der Waals surface area contributed by atoms with Crippen molar-refractivity contribution in [1.82, 2.24) is 16.0 Å². The molecule has 1 unspecified atom stereocenters. The molecular weight excluding hydrogens is 234 g/mol. The van der Waals surface area contributed by atoms with Crippen molar-refractivity contribution in [3.05, 3.63) is 22.4 Å². The summed E-state index contributed by atoms with van der Waals surface area (Å²) in [6.45, 7) is 2.56. The molecule has 1 aromatic heterocycles. The second-order valence-corrected chi connectivity index (χ2v) is 5.34. The summed E-state index contributed by atoms with van der Waals surface area (Å²) in [6, 6.07) is 4.22. The number of rotatable bonds is 3. The maximum absolute atomic E-state index is 11.7. The van der Waals surface area contributed by atoms with Crippen LogP contribution in [0.3, 0.4) is 0 Å². The predicted molar refractivity (Wildman–Crippen MR) is 70.2 cm³/mol. The number of hydrogen-bond donors (Lipinski definition) is 3. The van der Waals surface area contributed by atoms with Crippen molar-refractivity contribution < 1.29 is 4.79 Å². The van der Waals surface area contributed by atoms with E-state index in [0.717, 1.165) is 19.5 Å². The lowest BCUT2D eigenvalue weighted by Gasteiger charge is -2.16. The topological polar surface area (TPSA) is 53.2 Å². The van der Waals surface area contributed by atoms with Gasteiger partial charge in [-0.25, -0.2) is 4.79 Å². The van der Waals surface area contributed by atoms with Gasteiger partial charge in [0, 0.05) is 17.5 Å². The molecule has 1 atom stereocenters. The molecule has 1 aliphatic heterocycles. The van der Waals surface area contributed by atoms with Crippen LogP contribution in [0.5, 0.6) is 0 Å². The first-order valence-corrected chi connectivity index (χ1v) is 7.00. The van der Waals surface area contributed by atoms with Crippen LogP contribution >= 0.6 is 11.3 Å². The molecule has 1 aromatic rings. The number of hydrogen-bond acceptors (Lipinski definition) is 3. The molecule has 0 bridgehead atoms. The summed E-state index contributed by atoms with van der Waals surface area (Å²) in [5.41, 5.74) is 0. The zero-order chi connectivity index (χ0) is 11.9. The van der Waals surface area contributed by atoms with Crippen molar-refractivity contribution in [2.75, 3.05) is 13.1 Å². The maximum Gasteiger partial charge on any atom is 0.315 e. The first kappa shape index (κ1) is 12.4. The molecule has 0 saturated carbocycles. The number of thiophene rings is 1. The predicted octanol–water partition coefficient (Wildman–Crippen LogP) is 1.69. The molecule has 0 spiro atoms. The highest BCUT2D eigenvalue weighted by Crippen LogP contribution is 2.07. The van der Waals surface area contributed by atoms with Crippen molar-refractivity contribution in [3.63, 3.8) is 0 Å². The molecule has 0 aromatic carbocycles. The van der Waals surface area contributed by atoms with Gasteiger partial charge in [0.05, 0.1) is 6.54 Å². The van der Waals surface area contributed by atoms with Crippen LogP contribution in [-0.2, 0) is 6.54 Å². The minimum atomic E-state index is -0.0629. The highest BCUT2D eigenvalue weighted by molar-refractivity contribution is 7.09. The van der Waals surface area contributed by atoms with Gasteiger partial charge in [-0.2, -0.15) is 0 Å². The molecule has 2 heterocycles. The van der Waals surface area contributed by atoms with E-state index in [-0.39, 0.29) is 12.1 Å². The van der Waals surface area contributed by atoms with E-state index in [1.54, 1.807) is 11.3 Å². The van der Waals surface area contributed by atoms with Gasteiger partial charge >= 0.3 is 6.03 Å². The summed E-state index contributed by atoms with van der Waals surface area (Å²) in [7, 11) is 0. The van der Waals surface area contributed by atoms with Crippen molar-refractivity contribution >= 4 is 17.4 Å². The average molecular weight is 253 g/mol. The Morgan fingerprint density at radius 2 is 2.47 bits per heavy atom. The SMILES string of the molecule is O=C(NCc1cccs1)NC1CCCCNC1. The van der Waals surface area contributed by atoms with Crippen LogP contribution in [0.15, 0.2) is 17.5 Å². The molecule has 0 aliphatic carbocycles. The van der Waals surface area contributed by atoms with E-state index in [4.69, 9.17) is 0 Å². The molecule has 1 aliphatic rings. The first-order valence-electron chi connectivity index (χ1n) is 6.12. The Labute approximate surface area is 106 Å². The Morgan fingerprint density at radius 3 is 3.29 bits per heavy atom. The molecule has 3 N–H and O–H groups in total. The van der Waals surface area contributed by atoms with Gasteiger partial charge in [-0.05, 0) is 30.8 Å². The summed E-state index contributed by atoms with van der Waals surface area (Å²) in [5.74, 6) is 0. The lowest BCUT2D eigenvalue weighted by atomic mass is 10.1. The number of nitrogens with one attached hydrogen (secondary N) is 3. The lowest BCUT2D eigenvalue weighted by molar-refractivity contribution is 0.236. The third-order valence-corrected chi connectivity index (χ3v) is 3.76. The molecule has 2 amide bonds. The fraction of sp³-hybridized carbons (Fsp3) is 0.583. The minimum absolute atomic E-state index is 0.0629. The third-order valence-electron chi connectivity index (χ3n) is 2.89. The van der Waals surface area contributed by atoms with E-state index >= 15 is 0 Å². The second-order valence-electron chi connectivity index (χ2n) is 4.30. The number of amides is 2. The van der Waals surface area contributed by atoms with E-state index in [2.05, 4.69) is 16.0 Å². The minimum Gasteiger partial charge on any atom is -0.334 e. The Balaban J connectivity index is 1.69. The van der Waals surface area contributed by atoms with Crippen LogP contribution < -0.4 is 16.0 Å². The normalized spacial score (nSPS) is 20.6. The third kappa shape index (κ3) is 4.36. The molecule has 5 heteroatoms. The van der Waals surface area contributed by atoms with Gasteiger partial charge in [0.15, 0.2) is 0 Å². The fourth-order valence-corrected chi connectivity index (χ4v) is 2.60. The van der Waals surface area contributed by atoms with E-state index < -0.39 is 0 Å². The van der Waals surface area contributed by atoms with Crippen LogP contribution in [0.4, 0.5) is 4.79 Å². The molecule has 1 saturated heterocycles. The first-order chi connectivity index (χ1) is 8.34. The van der Waals surface area contributed by atoms with Gasteiger partial charge in [-0.15, -0.1) is 11.3 Å². The largest absolute Gasteiger partial charge is 0.334 e. The van der Waals surface area contributed by atoms with Crippen molar-refractivity contribution in [2.24, 2.45) is 0 Å². The average Bonchev–Trinajstić information content (AvgIpc) is 2.72. The molecule has 17 heavy (non-hydrogen) atoms. The zero-order valence-electron chi connectivity index (χ0n) is 9.87. The Morgan fingerprint density at radius 1 is 1.53 bits per heavy atom. The number of carbonyl (C=O) groups is 1. The molecule has 1 fully saturated rings. The van der Waals surface area contributed by atoms with Crippen molar-refractivity contribution in [2.45, 2.75) is 31.8 Å². The van der Waals surface area contributed by atoms with E-state index in [0.29, 0.717) is 6.54 Å². The van der Waals surface area contributed by atoms with Crippen molar-refractivity contribution in [3.8, 4) is 0 Å². The smallest absolute Gasteiger partial charge is 0.315 e. The fourth-order valence-electron chi connectivity index (χ4n) is 1.96. The second kappa shape index (κ2) is 6.61. The van der Waals surface area contributed by atoms with Crippen LogP contribution in [0.25, 0.3) is 0 Å². The van der Waals surface area contributed by atoms with Gasteiger partial charge < -0.3 is 16.0 Å². The maximum atomic E-state index is 11.7. The van der Waals surface area contributed by atoms with E-state index in [9.17, 15) is 4.79 Å². The summed E-state index contributed by atoms with van der Waals surface area (Å²) in [5, 5.41) is 11.2. The highest BCUT2D eigenvalue weighted by Gasteiger charge is 2.13. The summed E-state index contributed by atoms with van der Waals surface area (Å²) < 4.78 is 0. The molecule has 4 nitrogen and oxygen atoms in total. The molecular formula is C12H19N3OS. The van der Waals surface area contributed by atoms with E-state index in [1.165, 1.54) is 17.7 Å². The summed E-state index contributed by atoms with van der Waals surface area (Å²) in [4.78, 5) is 12.9. The van der Waals surface area contributed by atoms with Crippen LogP contribution in [-0.4, -0.2) is 25.2 Å². The standard InChI is InChI=1S/C12H19N3OS/c16-12(14-9-11-5-3-7-17-11)15-10-4-1-2-6-13-8-10/h3,5,7,10,13H,1-2,4,6,8-9H2,(H2,14,15,16).